The normalized spacial score (nSPS) is 13.9. The second-order valence-corrected chi connectivity index (χ2v) is 6.65. The molecule has 0 atom stereocenters. The predicted octanol–water partition coefficient (Wildman–Crippen LogP) is 2.77. The number of aromatic nitrogens is 3. The lowest BCUT2D eigenvalue weighted by atomic mass is 10.1. The number of amides is 1. The van der Waals surface area contributed by atoms with Gasteiger partial charge in [-0.3, -0.25) is 0 Å². The van der Waals surface area contributed by atoms with Crippen molar-refractivity contribution in [3.8, 4) is 11.3 Å². The molecule has 2 heterocycles. The first-order chi connectivity index (χ1) is 12.6. The number of hydrogen-bond acceptors (Lipinski definition) is 4. The Labute approximate surface area is 150 Å². The molecular formula is C19H20N4O3. The van der Waals surface area contributed by atoms with Gasteiger partial charge in [0.25, 0.3) is 0 Å². The highest BCUT2D eigenvalue weighted by atomic mass is 16.4. The van der Waals surface area contributed by atoms with Crippen LogP contribution in [-0.4, -0.2) is 30.8 Å². The minimum atomic E-state index is -1.06. The lowest BCUT2D eigenvalue weighted by Crippen LogP contribution is -2.19. The SMILES string of the molecule is O=C(O)NCc1cccc(-c2nc(CO)nc3c2ccn3CC2CC2)c1. The van der Waals surface area contributed by atoms with Gasteiger partial charge >= 0.3 is 6.09 Å². The highest BCUT2D eigenvalue weighted by Gasteiger charge is 2.23. The summed E-state index contributed by atoms with van der Waals surface area (Å²) in [6.07, 6.45) is 3.48. The van der Waals surface area contributed by atoms with E-state index in [1.54, 1.807) is 0 Å². The van der Waals surface area contributed by atoms with Gasteiger partial charge in [0.05, 0.1) is 5.69 Å². The van der Waals surface area contributed by atoms with E-state index in [1.807, 2.05) is 36.5 Å². The third-order valence-corrected chi connectivity index (χ3v) is 4.60. The smallest absolute Gasteiger partial charge is 0.404 e. The van der Waals surface area contributed by atoms with Crippen LogP contribution in [0.15, 0.2) is 36.5 Å². The van der Waals surface area contributed by atoms with E-state index in [-0.39, 0.29) is 13.2 Å². The van der Waals surface area contributed by atoms with Crippen molar-refractivity contribution in [1.82, 2.24) is 19.9 Å². The summed E-state index contributed by atoms with van der Waals surface area (Å²) in [5, 5.41) is 21.7. The van der Waals surface area contributed by atoms with Crippen LogP contribution in [0.2, 0.25) is 0 Å². The van der Waals surface area contributed by atoms with Gasteiger partial charge in [-0.1, -0.05) is 18.2 Å². The van der Waals surface area contributed by atoms with E-state index in [4.69, 9.17) is 5.11 Å². The Morgan fingerprint density at radius 1 is 1.27 bits per heavy atom. The molecule has 26 heavy (non-hydrogen) atoms. The number of aliphatic hydroxyl groups excluding tert-OH is 1. The molecule has 0 saturated heterocycles. The molecule has 1 aliphatic rings. The monoisotopic (exact) mass is 352 g/mol. The maximum absolute atomic E-state index is 10.7. The van der Waals surface area contributed by atoms with Gasteiger partial charge < -0.3 is 20.1 Å². The van der Waals surface area contributed by atoms with Crippen molar-refractivity contribution in [2.75, 3.05) is 0 Å². The molecule has 1 fully saturated rings. The zero-order valence-corrected chi connectivity index (χ0v) is 14.2. The van der Waals surface area contributed by atoms with Gasteiger partial charge in [-0.15, -0.1) is 0 Å². The highest BCUT2D eigenvalue weighted by molar-refractivity contribution is 5.91. The Morgan fingerprint density at radius 3 is 2.85 bits per heavy atom. The number of carboxylic acid groups (broad SMARTS) is 1. The standard InChI is InChI=1S/C19H20N4O3/c24-11-16-21-17(14-3-1-2-13(8-14)9-20-19(25)26)15-6-7-23(18(15)22-16)10-12-4-5-12/h1-3,6-8,12,20,24H,4-5,9-11H2,(H,25,26). The lowest BCUT2D eigenvalue weighted by molar-refractivity contribution is 0.194. The van der Waals surface area contributed by atoms with E-state index >= 15 is 0 Å². The minimum Gasteiger partial charge on any atom is -0.465 e. The molecule has 134 valence electrons. The highest BCUT2D eigenvalue weighted by Crippen LogP contribution is 2.33. The Morgan fingerprint density at radius 2 is 2.12 bits per heavy atom. The molecule has 0 aliphatic heterocycles. The number of benzene rings is 1. The van der Waals surface area contributed by atoms with Crippen LogP contribution in [0.1, 0.15) is 24.2 Å². The molecule has 7 heteroatoms. The topological polar surface area (TPSA) is 100 Å². The number of aliphatic hydroxyl groups is 1. The van der Waals surface area contributed by atoms with Gasteiger partial charge in [0.2, 0.25) is 0 Å². The molecule has 0 radical (unpaired) electrons. The summed E-state index contributed by atoms with van der Waals surface area (Å²) in [4.78, 5) is 19.8. The van der Waals surface area contributed by atoms with E-state index < -0.39 is 6.09 Å². The van der Waals surface area contributed by atoms with Gasteiger partial charge in [-0.05, 0) is 36.5 Å². The first kappa shape index (κ1) is 16.5. The van der Waals surface area contributed by atoms with Crippen molar-refractivity contribution >= 4 is 17.1 Å². The molecule has 1 aliphatic carbocycles. The molecule has 0 unspecified atom stereocenters. The Hall–Kier alpha value is -2.93. The average molecular weight is 352 g/mol. The quantitative estimate of drug-likeness (QED) is 0.633. The molecule has 1 saturated carbocycles. The van der Waals surface area contributed by atoms with Crippen molar-refractivity contribution in [1.29, 1.82) is 0 Å². The summed E-state index contributed by atoms with van der Waals surface area (Å²) in [7, 11) is 0. The van der Waals surface area contributed by atoms with Crippen LogP contribution in [0.5, 0.6) is 0 Å². The third-order valence-electron chi connectivity index (χ3n) is 4.60. The number of carbonyl (C=O) groups is 1. The van der Waals surface area contributed by atoms with E-state index in [2.05, 4.69) is 19.9 Å². The number of nitrogens with zero attached hydrogens (tertiary/aromatic N) is 3. The second kappa shape index (κ2) is 6.76. The van der Waals surface area contributed by atoms with E-state index in [9.17, 15) is 9.90 Å². The zero-order chi connectivity index (χ0) is 18.1. The summed E-state index contributed by atoms with van der Waals surface area (Å²) in [6.45, 7) is 0.943. The summed E-state index contributed by atoms with van der Waals surface area (Å²) >= 11 is 0. The number of nitrogens with one attached hydrogen (secondary N) is 1. The summed E-state index contributed by atoms with van der Waals surface area (Å²) in [6, 6.07) is 9.60. The molecule has 1 amide bonds. The summed E-state index contributed by atoms with van der Waals surface area (Å²) in [5.41, 5.74) is 3.31. The Balaban J connectivity index is 1.76. The molecule has 3 N–H and O–H groups in total. The molecule has 0 spiro atoms. The third kappa shape index (κ3) is 3.39. The largest absolute Gasteiger partial charge is 0.465 e. The van der Waals surface area contributed by atoms with Crippen LogP contribution in [0, 0.1) is 5.92 Å². The number of hydrogen-bond donors (Lipinski definition) is 3. The first-order valence-corrected chi connectivity index (χ1v) is 8.67. The van der Waals surface area contributed by atoms with E-state index in [0.29, 0.717) is 11.7 Å². The van der Waals surface area contributed by atoms with Gasteiger partial charge in [-0.25, -0.2) is 14.8 Å². The fourth-order valence-electron chi connectivity index (χ4n) is 3.13. The van der Waals surface area contributed by atoms with Crippen molar-refractivity contribution in [3.63, 3.8) is 0 Å². The molecule has 1 aromatic carbocycles. The molecular weight excluding hydrogens is 332 g/mol. The lowest BCUT2D eigenvalue weighted by Gasteiger charge is -2.09. The van der Waals surface area contributed by atoms with Gasteiger partial charge in [0.1, 0.15) is 12.3 Å². The Bertz CT molecular complexity index is 963. The fourth-order valence-corrected chi connectivity index (χ4v) is 3.13. The van der Waals surface area contributed by atoms with Crippen molar-refractivity contribution in [3.05, 3.63) is 47.9 Å². The van der Waals surface area contributed by atoms with Crippen molar-refractivity contribution in [2.24, 2.45) is 5.92 Å². The summed E-state index contributed by atoms with van der Waals surface area (Å²) in [5.74, 6) is 1.10. The maximum atomic E-state index is 10.7. The van der Waals surface area contributed by atoms with E-state index in [1.165, 1.54) is 12.8 Å². The average Bonchev–Trinajstić information content (AvgIpc) is 3.38. The molecule has 7 nitrogen and oxygen atoms in total. The second-order valence-electron chi connectivity index (χ2n) is 6.65. The van der Waals surface area contributed by atoms with Gasteiger partial charge in [0.15, 0.2) is 5.82 Å². The van der Waals surface area contributed by atoms with Crippen LogP contribution in [0.4, 0.5) is 4.79 Å². The molecule has 4 rings (SSSR count). The van der Waals surface area contributed by atoms with Crippen molar-refractivity contribution in [2.45, 2.75) is 32.5 Å². The first-order valence-electron chi connectivity index (χ1n) is 8.67. The number of rotatable bonds is 6. The Kier molecular flexibility index (Phi) is 4.30. The van der Waals surface area contributed by atoms with Crippen LogP contribution in [-0.2, 0) is 19.7 Å². The fraction of sp³-hybridized carbons (Fsp3) is 0.316. The minimum absolute atomic E-state index is 0.224. The molecule has 2 aromatic heterocycles. The van der Waals surface area contributed by atoms with Crippen LogP contribution < -0.4 is 5.32 Å². The maximum Gasteiger partial charge on any atom is 0.404 e. The van der Waals surface area contributed by atoms with Gasteiger partial charge in [0, 0.05) is 30.2 Å². The zero-order valence-electron chi connectivity index (χ0n) is 14.2. The van der Waals surface area contributed by atoms with Crippen LogP contribution in [0.3, 0.4) is 0 Å². The number of fused-ring (bicyclic) bond motifs is 1. The summed E-state index contributed by atoms with van der Waals surface area (Å²) < 4.78 is 2.13. The molecule has 0 bridgehead atoms. The van der Waals surface area contributed by atoms with Crippen LogP contribution in [0.25, 0.3) is 22.3 Å². The molecule has 3 aromatic rings. The van der Waals surface area contributed by atoms with Crippen LogP contribution >= 0.6 is 0 Å². The van der Waals surface area contributed by atoms with Crippen molar-refractivity contribution < 1.29 is 15.0 Å². The van der Waals surface area contributed by atoms with Gasteiger partial charge in [-0.2, -0.15) is 0 Å². The van der Waals surface area contributed by atoms with E-state index in [0.717, 1.165) is 34.4 Å². The predicted molar refractivity (Wildman–Crippen MR) is 96.5 cm³/mol.